The van der Waals surface area contributed by atoms with E-state index in [1.54, 1.807) is 0 Å². The summed E-state index contributed by atoms with van der Waals surface area (Å²) < 4.78 is 17.2. The maximum Gasteiger partial charge on any atom is 0.411 e. The molecule has 0 saturated carbocycles. The van der Waals surface area contributed by atoms with E-state index in [-0.39, 0.29) is 12.1 Å². The Morgan fingerprint density at radius 1 is 0.902 bits per heavy atom. The number of likely N-dealkylation sites (N-methyl/N-ethyl adjacent to an activating group) is 1. The topological polar surface area (TPSA) is 80.4 Å². The van der Waals surface area contributed by atoms with Crippen molar-refractivity contribution >= 4 is 17.7 Å². The summed E-state index contributed by atoms with van der Waals surface area (Å²) in [5.74, 6) is -0.180. The molecule has 2 bridgehead atoms. The van der Waals surface area contributed by atoms with Gasteiger partial charge in [0, 0.05) is 36.9 Å². The first-order valence-corrected chi connectivity index (χ1v) is 14.9. The normalized spacial score (nSPS) is 24.4. The number of hydrogen-bond acceptors (Lipinski definition) is 6. The van der Waals surface area contributed by atoms with Crippen molar-refractivity contribution in [3.8, 4) is 11.1 Å². The summed E-state index contributed by atoms with van der Waals surface area (Å²) in [6.45, 7) is 3.50. The number of morpholine rings is 1. The fraction of sp³-hybridized carbons (Fsp3) is 0.412. The third-order valence-electron chi connectivity index (χ3n) is 8.56. The number of aryl methyl sites for hydroxylation is 1. The lowest BCUT2D eigenvalue weighted by Gasteiger charge is -2.39. The number of nitrogens with one attached hydrogen (secondary N) is 1. The molecule has 3 aliphatic heterocycles. The van der Waals surface area contributed by atoms with E-state index in [2.05, 4.69) is 29.3 Å². The predicted octanol–water partition coefficient (Wildman–Crippen LogP) is 6.36. The minimum absolute atomic E-state index is 0.103. The van der Waals surface area contributed by atoms with Crippen molar-refractivity contribution in [2.45, 2.75) is 82.5 Å². The molecule has 1 amide bonds. The number of carbonyl (C=O) groups is 2. The molecule has 0 spiro atoms. The summed E-state index contributed by atoms with van der Waals surface area (Å²) in [5.41, 5.74) is 4.81. The molecule has 0 aliphatic carbocycles. The molecule has 3 aliphatic rings. The van der Waals surface area contributed by atoms with E-state index in [0.29, 0.717) is 37.3 Å². The molecule has 3 aromatic carbocycles. The minimum Gasteiger partial charge on any atom is -0.461 e. The molecule has 3 aromatic rings. The van der Waals surface area contributed by atoms with E-state index in [4.69, 9.17) is 14.2 Å². The van der Waals surface area contributed by atoms with Crippen molar-refractivity contribution in [1.29, 1.82) is 0 Å². The largest absolute Gasteiger partial charge is 0.461 e. The van der Waals surface area contributed by atoms with Gasteiger partial charge in [-0.15, -0.1) is 0 Å². The second-order valence-corrected chi connectivity index (χ2v) is 11.3. The number of hydrogen-bond donors (Lipinski definition) is 1. The van der Waals surface area contributed by atoms with Gasteiger partial charge in [-0.05, 0) is 48.6 Å². The summed E-state index contributed by atoms with van der Waals surface area (Å²) in [6.07, 6.45) is 4.51. The SMILES string of the molecule is CCN1[C@@H]2CC(OC(=O)Nc3cc(CCCCC(=O)OCc4ccccc4)ccc3-c3ccccc3)C[C@H]1[C@@H]1O[C@@H]12. The van der Waals surface area contributed by atoms with Crippen LogP contribution in [0.1, 0.15) is 50.2 Å². The van der Waals surface area contributed by atoms with Gasteiger partial charge in [0.15, 0.2) is 0 Å². The zero-order valence-electron chi connectivity index (χ0n) is 23.5. The van der Waals surface area contributed by atoms with Crippen molar-refractivity contribution in [2.75, 3.05) is 11.9 Å². The molecule has 3 saturated heterocycles. The Kier molecular flexibility index (Phi) is 8.35. The number of nitrogens with zero attached hydrogens (tertiary/aromatic N) is 1. The van der Waals surface area contributed by atoms with Crippen LogP contribution in [-0.4, -0.2) is 53.9 Å². The third kappa shape index (κ3) is 6.47. The van der Waals surface area contributed by atoms with E-state index in [1.807, 2.05) is 66.7 Å². The lowest BCUT2D eigenvalue weighted by atomic mass is 9.98. The maximum absolute atomic E-state index is 13.1. The first kappa shape index (κ1) is 27.5. The molecule has 6 rings (SSSR count). The van der Waals surface area contributed by atoms with E-state index >= 15 is 0 Å². The number of fused-ring (bicyclic) bond motifs is 5. The van der Waals surface area contributed by atoms with Crippen molar-refractivity contribution in [1.82, 2.24) is 4.90 Å². The van der Waals surface area contributed by atoms with Gasteiger partial charge in [0.25, 0.3) is 0 Å². The van der Waals surface area contributed by atoms with Gasteiger partial charge in [-0.25, -0.2) is 4.79 Å². The number of ether oxygens (including phenoxy) is 3. The molecule has 7 nitrogen and oxygen atoms in total. The summed E-state index contributed by atoms with van der Waals surface area (Å²) in [7, 11) is 0. The molecule has 0 aromatic heterocycles. The number of esters is 1. The zero-order valence-corrected chi connectivity index (χ0v) is 23.5. The monoisotopic (exact) mass is 554 g/mol. The smallest absolute Gasteiger partial charge is 0.411 e. The van der Waals surface area contributed by atoms with E-state index in [9.17, 15) is 9.59 Å². The van der Waals surface area contributed by atoms with Crippen molar-refractivity contribution in [3.05, 3.63) is 90.0 Å². The Bertz CT molecular complexity index is 1330. The highest BCUT2D eigenvalue weighted by Gasteiger charge is 2.63. The summed E-state index contributed by atoms with van der Waals surface area (Å²) in [4.78, 5) is 27.8. The number of carbonyl (C=O) groups excluding carboxylic acids is 2. The van der Waals surface area contributed by atoms with Crippen LogP contribution in [0.4, 0.5) is 10.5 Å². The van der Waals surface area contributed by atoms with Crippen LogP contribution in [0.5, 0.6) is 0 Å². The molecule has 3 fully saturated rings. The average molecular weight is 555 g/mol. The molecule has 41 heavy (non-hydrogen) atoms. The van der Waals surface area contributed by atoms with Crippen LogP contribution < -0.4 is 5.32 Å². The highest BCUT2D eigenvalue weighted by Crippen LogP contribution is 2.48. The summed E-state index contributed by atoms with van der Waals surface area (Å²) >= 11 is 0. The van der Waals surface area contributed by atoms with Crippen LogP contribution in [0.25, 0.3) is 11.1 Å². The molecule has 3 heterocycles. The van der Waals surface area contributed by atoms with E-state index in [1.165, 1.54) is 0 Å². The summed E-state index contributed by atoms with van der Waals surface area (Å²) in [6, 6.07) is 26.6. The van der Waals surface area contributed by atoms with Crippen LogP contribution in [0.2, 0.25) is 0 Å². The number of amides is 1. The highest BCUT2D eigenvalue weighted by atomic mass is 16.6. The Hall–Kier alpha value is -3.68. The molecule has 7 heteroatoms. The van der Waals surface area contributed by atoms with Crippen LogP contribution in [0.15, 0.2) is 78.9 Å². The number of benzene rings is 3. The second-order valence-electron chi connectivity index (χ2n) is 11.3. The Morgan fingerprint density at radius 2 is 1.61 bits per heavy atom. The van der Waals surface area contributed by atoms with E-state index < -0.39 is 6.09 Å². The molecule has 5 atom stereocenters. The van der Waals surface area contributed by atoms with Crippen molar-refractivity contribution in [2.24, 2.45) is 0 Å². The molecule has 1 N–H and O–H groups in total. The van der Waals surface area contributed by atoms with Gasteiger partial charge in [0.2, 0.25) is 0 Å². The van der Waals surface area contributed by atoms with Gasteiger partial charge < -0.3 is 14.2 Å². The Balaban J connectivity index is 1.04. The molecule has 214 valence electrons. The number of rotatable bonds is 11. The minimum atomic E-state index is -0.413. The molecule has 0 radical (unpaired) electrons. The lowest BCUT2D eigenvalue weighted by Crippen LogP contribution is -2.50. The Morgan fingerprint density at radius 3 is 2.32 bits per heavy atom. The zero-order chi connectivity index (χ0) is 28.2. The second kappa shape index (κ2) is 12.5. The van der Waals surface area contributed by atoms with Crippen LogP contribution in [0.3, 0.4) is 0 Å². The highest BCUT2D eigenvalue weighted by molar-refractivity contribution is 5.91. The van der Waals surface area contributed by atoms with Gasteiger partial charge >= 0.3 is 12.1 Å². The predicted molar refractivity (Wildman–Crippen MR) is 157 cm³/mol. The first-order chi connectivity index (χ1) is 20.1. The first-order valence-electron chi connectivity index (χ1n) is 14.9. The van der Waals surface area contributed by atoms with Crippen LogP contribution in [0, 0.1) is 0 Å². The average Bonchev–Trinajstić information content (AvgIpc) is 3.76. The van der Waals surface area contributed by atoms with Crippen LogP contribution >= 0.6 is 0 Å². The fourth-order valence-electron chi connectivity index (χ4n) is 6.54. The number of anilines is 1. The lowest BCUT2D eigenvalue weighted by molar-refractivity contribution is -0.145. The Labute approximate surface area is 241 Å². The van der Waals surface area contributed by atoms with Crippen molar-refractivity contribution < 1.29 is 23.8 Å². The van der Waals surface area contributed by atoms with Gasteiger partial charge in [-0.2, -0.15) is 0 Å². The maximum atomic E-state index is 13.1. The van der Waals surface area contributed by atoms with Gasteiger partial charge in [0.1, 0.15) is 24.9 Å². The van der Waals surface area contributed by atoms with Crippen molar-refractivity contribution in [3.63, 3.8) is 0 Å². The van der Waals surface area contributed by atoms with Crippen LogP contribution in [-0.2, 0) is 32.0 Å². The van der Waals surface area contributed by atoms with E-state index in [0.717, 1.165) is 66.6 Å². The number of unbranched alkanes of at least 4 members (excludes halogenated alkanes) is 1. The third-order valence-corrected chi connectivity index (χ3v) is 8.56. The molecular formula is C34H38N2O5. The molecular weight excluding hydrogens is 516 g/mol. The van der Waals surface area contributed by atoms with Gasteiger partial charge in [-0.1, -0.05) is 79.7 Å². The van der Waals surface area contributed by atoms with Gasteiger partial charge in [0.05, 0.1) is 5.69 Å². The van der Waals surface area contributed by atoms with Gasteiger partial charge in [-0.3, -0.25) is 15.0 Å². The standard InChI is InChI=1S/C34H38N2O5/c1-2-36-29-20-26(21-30(36)33-32(29)41-33)40-34(38)35-28-19-23(17-18-27(28)25-14-7-4-8-15-25)11-9-10-16-31(37)39-22-24-12-5-3-6-13-24/h3-8,12-15,17-19,26,29-30,32-33H,2,9-11,16,20-22H2,1H3,(H,35,38)/t26?,29-,30+,32-,33+. The molecule has 1 unspecified atom stereocenters. The number of epoxide rings is 1. The number of piperidine rings is 1. The quantitative estimate of drug-likeness (QED) is 0.169. The summed E-state index contributed by atoms with van der Waals surface area (Å²) in [5, 5.41) is 3.06. The fourth-order valence-corrected chi connectivity index (χ4v) is 6.54.